The van der Waals surface area contributed by atoms with Crippen LogP contribution in [0, 0.1) is 0 Å². The minimum Gasteiger partial charge on any atom is -0.461 e. The molecule has 108 valence electrons. The molecular formula is C17H16O4. The lowest BCUT2D eigenvalue weighted by Crippen LogP contribution is -2.03. The molecule has 0 spiro atoms. The molecule has 4 heteroatoms. The molecule has 0 aliphatic heterocycles. The molecule has 2 aromatic carbocycles. The van der Waals surface area contributed by atoms with E-state index in [9.17, 15) is 9.59 Å². The molecule has 0 saturated heterocycles. The Bertz CT molecular complexity index is 688. The Kier molecular flexibility index (Phi) is 4.72. The van der Waals surface area contributed by atoms with Crippen LogP contribution in [0.25, 0.3) is 10.8 Å². The summed E-state index contributed by atoms with van der Waals surface area (Å²) >= 11 is 0. The summed E-state index contributed by atoms with van der Waals surface area (Å²) in [6.45, 7) is 5.08. The average Bonchev–Trinajstić information content (AvgIpc) is 2.50. The van der Waals surface area contributed by atoms with Gasteiger partial charge in [-0.25, -0.2) is 4.79 Å². The van der Waals surface area contributed by atoms with Gasteiger partial charge in [0.1, 0.15) is 13.2 Å². The highest BCUT2D eigenvalue weighted by atomic mass is 16.5. The third kappa shape index (κ3) is 3.92. The van der Waals surface area contributed by atoms with E-state index in [1.165, 1.54) is 6.92 Å². The van der Waals surface area contributed by atoms with E-state index in [0.717, 1.165) is 28.0 Å². The van der Waals surface area contributed by atoms with Crippen LogP contribution in [-0.2, 0) is 32.3 Å². The van der Waals surface area contributed by atoms with Crippen LogP contribution in [0.4, 0.5) is 0 Å². The summed E-state index contributed by atoms with van der Waals surface area (Å²) in [5.41, 5.74) is 1.72. The summed E-state index contributed by atoms with van der Waals surface area (Å²) in [7, 11) is 0. The van der Waals surface area contributed by atoms with Crippen LogP contribution in [0.2, 0.25) is 0 Å². The Hall–Kier alpha value is -2.62. The molecule has 0 aliphatic rings. The van der Waals surface area contributed by atoms with Gasteiger partial charge in [-0.3, -0.25) is 4.79 Å². The fourth-order valence-electron chi connectivity index (χ4n) is 2.05. The molecule has 0 amide bonds. The molecule has 0 bridgehead atoms. The minimum absolute atomic E-state index is 0.156. The standard InChI is InChI=1S/C17H16O4/c1-3-17(19)21-10-13-8-14-6-4-5-7-16(14)15(9-13)11-20-12(2)18/h3-9H,1,10-11H2,2H3. The van der Waals surface area contributed by atoms with Crippen molar-refractivity contribution in [1.29, 1.82) is 0 Å². The summed E-state index contributed by atoms with van der Waals surface area (Å²) in [6, 6.07) is 11.6. The van der Waals surface area contributed by atoms with Gasteiger partial charge in [-0.05, 0) is 34.0 Å². The first-order valence-corrected chi connectivity index (χ1v) is 6.53. The Labute approximate surface area is 123 Å². The third-order valence-corrected chi connectivity index (χ3v) is 2.99. The zero-order chi connectivity index (χ0) is 15.2. The maximum atomic E-state index is 11.1. The first-order valence-electron chi connectivity index (χ1n) is 6.53. The van der Waals surface area contributed by atoms with E-state index in [4.69, 9.17) is 9.47 Å². The second-order valence-electron chi connectivity index (χ2n) is 4.57. The quantitative estimate of drug-likeness (QED) is 0.625. The van der Waals surface area contributed by atoms with Gasteiger partial charge in [0.2, 0.25) is 0 Å². The summed E-state index contributed by atoms with van der Waals surface area (Å²) in [5, 5.41) is 2.02. The maximum absolute atomic E-state index is 11.1. The van der Waals surface area contributed by atoms with Crippen molar-refractivity contribution in [2.24, 2.45) is 0 Å². The van der Waals surface area contributed by atoms with Gasteiger partial charge in [0.15, 0.2) is 0 Å². The van der Waals surface area contributed by atoms with Crippen LogP contribution in [0.5, 0.6) is 0 Å². The van der Waals surface area contributed by atoms with Gasteiger partial charge in [0.25, 0.3) is 0 Å². The van der Waals surface area contributed by atoms with Crippen molar-refractivity contribution in [3.05, 3.63) is 60.2 Å². The monoisotopic (exact) mass is 284 g/mol. The van der Waals surface area contributed by atoms with Gasteiger partial charge >= 0.3 is 11.9 Å². The van der Waals surface area contributed by atoms with Crippen molar-refractivity contribution < 1.29 is 19.1 Å². The summed E-state index contributed by atoms with van der Waals surface area (Å²) in [5.74, 6) is -0.799. The van der Waals surface area contributed by atoms with Gasteiger partial charge < -0.3 is 9.47 Å². The number of rotatable bonds is 5. The molecular weight excluding hydrogens is 268 g/mol. The molecule has 0 atom stereocenters. The fraction of sp³-hybridized carbons (Fsp3) is 0.176. The largest absolute Gasteiger partial charge is 0.461 e. The van der Waals surface area contributed by atoms with E-state index in [-0.39, 0.29) is 19.2 Å². The smallest absolute Gasteiger partial charge is 0.330 e. The number of benzene rings is 2. The molecule has 2 rings (SSSR count). The molecule has 21 heavy (non-hydrogen) atoms. The van der Waals surface area contributed by atoms with Crippen molar-refractivity contribution in [2.75, 3.05) is 0 Å². The molecule has 0 fully saturated rings. The van der Waals surface area contributed by atoms with Crippen LogP contribution in [-0.4, -0.2) is 11.9 Å². The minimum atomic E-state index is -0.468. The van der Waals surface area contributed by atoms with Gasteiger partial charge in [0, 0.05) is 13.0 Å². The lowest BCUT2D eigenvalue weighted by atomic mass is 10.0. The highest BCUT2D eigenvalue weighted by molar-refractivity contribution is 5.86. The topological polar surface area (TPSA) is 52.6 Å². The van der Waals surface area contributed by atoms with E-state index in [2.05, 4.69) is 6.58 Å². The normalized spacial score (nSPS) is 10.1. The number of fused-ring (bicyclic) bond motifs is 1. The fourth-order valence-corrected chi connectivity index (χ4v) is 2.05. The third-order valence-electron chi connectivity index (χ3n) is 2.99. The van der Waals surface area contributed by atoms with Crippen LogP contribution < -0.4 is 0 Å². The van der Waals surface area contributed by atoms with Gasteiger partial charge in [-0.15, -0.1) is 0 Å². The second kappa shape index (κ2) is 6.70. The molecule has 0 aliphatic carbocycles. The highest BCUT2D eigenvalue weighted by Gasteiger charge is 2.07. The zero-order valence-electron chi connectivity index (χ0n) is 11.8. The SMILES string of the molecule is C=CC(=O)OCc1cc(COC(C)=O)c2ccccc2c1. The number of ether oxygens (including phenoxy) is 2. The summed E-state index contributed by atoms with van der Waals surface area (Å²) in [6.07, 6.45) is 1.13. The van der Waals surface area contributed by atoms with Crippen molar-refractivity contribution in [2.45, 2.75) is 20.1 Å². The Morgan fingerprint density at radius 1 is 1.14 bits per heavy atom. The molecule has 0 unspecified atom stereocenters. The van der Waals surface area contributed by atoms with E-state index in [0.29, 0.717) is 0 Å². The predicted molar refractivity (Wildman–Crippen MR) is 79.4 cm³/mol. The predicted octanol–water partition coefficient (Wildman–Crippen LogP) is 3.13. The van der Waals surface area contributed by atoms with Gasteiger partial charge in [-0.1, -0.05) is 30.8 Å². The molecule has 0 heterocycles. The average molecular weight is 284 g/mol. The van der Waals surface area contributed by atoms with E-state index >= 15 is 0 Å². The first-order chi connectivity index (χ1) is 10.1. The second-order valence-corrected chi connectivity index (χ2v) is 4.57. The van der Waals surface area contributed by atoms with Crippen LogP contribution in [0.1, 0.15) is 18.1 Å². The lowest BCUT2D eigenvalue weighted by Gasteiger charge is -2.10. The molecule has 0 aromatic heterocycles. The summed E-state index contributed by atoms with van der Waals surface area (Å²) < 4.78 is 10.1. The zero-order valence-corrected chi connectivity index (χ0v) is 11.8. The molecule has 0 radical (unpaired) electrons. The molecule has 0 N–H and O–H groups in total. The lowest BCUT2D eigenvalue weighted by molar-refractivity contribution is -0.142. The van der Waals surface area contributed by atoms with E-state index < -0.39 is 5.97 Å². The van der Waals surface area contributed by atoms with Gasteiger partial charge in [-0.2, -0.15) is 0 Å². The number of hydrogen-bond donors (Lipinski definition) is 0. The van der Waals surface area contributed by atoms with Crippen LogP contribution >= 0.6 is 0 Å². The van der Waals surface area contributed by atoms with Crippen LogP contribution in [0.15, 0.2) is 49.1 Å². The molecule has 4 nitrogen and oxygen atoms in total. The molecule has 0 saturated carbocycles. The van der Waals surface area contributed by atoms with Crippen LogP contribution in [0.3, 0.4) is 0 Å². The van der Waals surface area contributed by atoms with E-state index in [1.54, 1.807) is 0 Å². The molecule has 2 aromatic rings. The van der Waals surface area contributed by atoms with Crippen molar-refractivity contribution in [3.63, 3.8) is 0 Å². The van der Waals surface area contributed by atoms with Gasteiger partial charge in [0.05, 0.1) is 0 Å². The first kappa shape index (κ1) is 14.8. The van der Waals surface area contributed by atoms with Crippen molar-refractivity contribution in [3.8, 4) is 0 Å². The highest BCUT2D eigenvalue weighted by Crippen LogP contribution is 2.22. The Morgan fingerprint density at radius 3 is 2.62 bits per heavy atom. The number of carbonyl (C=O) groups is 2. The number of esters is 2. The Morgan fingerprint density at radius 2 is 1.90 bits per heavy atom. The van der Waals surface area contributed by atoms with Crippen molar-refractivity contribution >= 4 is 22.7 Å². The van der Waals surface area contributed by atoms with Crippen molar-refractivity contribution in [1.82, 2.24) is 0 Å². The Balaban J connectivity index is 2.32. The van der Waals surface area contributed by atoms with E-state index in [1.807, 2.05) is 36.4 Å². The maximum Gasteiger partial charge on any atom is 0.330 e. The number of carbonyl (C=O) groups excluding carboxylic acids is 2. The number of hydrogen-bond acceptors (Lipinski definition) is 4. The summed E-state index contributed by atoms with van der Waals surface area (Å²) in [4.78, 5) is 22.1.